The molecule has 0 saturated carbocycles. The number of nitrogens with one attached hydrogen (secondary N) is 2. The molecule has 3 aromatic carbocycles. The Labute approximate surface area is 218 Å². The molecule has 4 aromatic rings. The highest BCUT2D eigenvalue weighted by atomic mass is 19.1. The van der Waals surface area contributed by atoms with Crippen LogP contribution in [0.25, 0.3) is 0 Å². The van der Waals surface area contributed by atoms with Gasteiger partial charge in [0.25, 0.3) is 5.91 Å². The summed E-state index contributed by atoms with van der Waals surface area (Å²) in [5, 5.41) is 10.5. The van der Waals surface area contributed by atoms with E-state index in [4.69, 9.17) is 14.2 Å². The van der Waals surface area contributed by atoms with Gasteiger partial charge in [-0.05, 0) is 54.4 Å². The van der Waals surface area contributed by atoms with Gasteiger partial charge in [-0.25, -0.2) is 9.07 Å². The lowest BCUT2D eigenvalue weighted by Crippen LogP contribution is -2.31. The van der Waals surface area contributed by atoms with Gasteiger partial charge in [0.1, 0.15) is 42.0 Å². The fourth-order valence-electron chi connectivity index (χ4n) is 4.32. The van der Waals surface area contributed by atoms with Crippen molar-refractivity contribution in [3.8, 4) is 17.2 Å². The van der Waals surface area contributed by atoms with E-state index in [2.05, 4.69) is 20.7 Å². The molecule has 1 aliphatic rings. The van der Waals surface area contributed by atoms with Gasteiger partial charge in [0.05, 0.1) is 25.5 Å². The zero-order valence-corrected chi connectivity index (χ0v) is 21.1. The van der Waals surface area contributed by atoms with E-state index in [1.165, 1.54) is 25.6 Å². The molecule has 0 fully saturated rings. The normalized spacial score (nSPS) is 14.4. The Morgan fingerprint density at radius 2 is 1.87 bits per heavy atom. The fraction of sp³-hybridized carbons (Fsp3) is 0.179. The van der Waals surface area contributed by atoms with Crippen molar-refractivity contribution in [2.24, 2.45) is 0 Å². The summed E-state index contributed by atoms with van der Waals surface area (Å²) in [5.41, 5.74) is 3.16. The van der Waals surface area contributed by atoms with Crippen LogP contribution in [0.2, 0.25) is 0 Å². The molecular formula is C28H26FN5O4. The number of amides is 1. The van der Waals surface area contributed by atoms with Gasteiger partial charge in [-0.3, -0.25) is 4.79 Å². The van der Waals surface area contributed by atoms with Gasteiger partial charge < -0.3 is 24.8 Å². The third kappa shape index (κ3) is 5.01. The largest absolute Gasteiger partial charge is 0.497 e. The lowest BCUT2D eigenvalue weighted by atomic mass is 9.94. The molecule has 0 bridgehead atoms. The van der Waals surface area contributed by atoms with Gasteiger partial charge in [-0.15, -0.1) is 0 Å². The third-order valence-corrected chi connectivity index (χ3v) is 6.19. The van der Waals surface area contributed by atoms with E-state index >= 15 is 0 Å². The summed E-state index contributed by atoms with van der Waals surface area (Å²) >= 11 is 0. The van der Waals surface area contributed by atoms with Crippen LogP contribution in [-0.2, 0) is 11.4 Å². The smallest absolute Gasteiger partial charge is 0.255 e. The second-order valence-corrected chi connectivity index (χ2v) is 8.60. The van der Waals surface area contributed by atoms with E-state index in [1.807, 2.05) is 31.2 Å². The zero-order valence-electron chi connectivity index (χ0n) is 21.1. The van der Waals surface area contributed by atoms with E-state index in [-0.39, 0.29) is 18.3 Å². The van der Waals surface area contributed by atoms with Crippen LogP contribution in [0.15, 0.2) is 84.3 Å². The Balaban J connectivity index is 1.47. The van der Waals surface area contributed by atoms with Crippen molar-refractivity contribution < 1.29 is 23.4 Å². The Hall–Kier alpha value is -4.86. The van der Waals surface area contributed by atoms with Gasteiger partial charge in [0.15, 0.2) is 0 Å². The van der Waals surface area contributed by atoms with Crippen molar-refractivity contribution in [1.82, 2.24) is 14.8 Å². The van der Waals surface area contributed by atoms with E-state index < -0.39 is 6.04 Å². The number of ether oxygens (including phenoxy) is 3. The molecule has 1 atom stereocenters. The van der Waals surface area contributed by atoms with Gasteiger partial charge in [-0.1, -0.05) is 24.3 Å². The Bertz CT molecular complexity index is 1500. The first kappa shape index (κ1) is 24.8. The molecule has 9 nitrogen and oxygen atoms in total. The second-order valence-electron chi connectivity index (χ2n) is 8.60. The molecule has 1 unspecified atom stereocenters. The van der Waals surface area contributed by atoms with Crippen LogP contribution in [-0.4, -0.2) is 34.9 Å². The maximum Gasteiger partial charge on any atom is 0.255 e. The summed E-state index contributed by atoms with van der Waals surface area (Å²) in [6.45, 7) is 2.08. The van der Waals surface area contributed by atoms with E-state index in [0.29, 0.717) is 40.2 Å². The lowest BCUT2D eigenvalue weighted by molar-refractivity contribution is -0.113. The number of hydrogen-bond donors (Lipinski definition) is 2. The number of allylic oxidation sites excluding steroid dienone is 1. The maximum absolute atomic E-state index is 13.8. The SMILES string of the molecule is COc1ccc(OC)c(NC(=O)C2=C(C)Nc3ncnn3C2c2cccc(OCc3ccc(F)cc3)c2)c1. The van der Waals surface area contributed by atoms with Crippen molar-refractivity contribution in [1.29, 1.82) is 0 Å². The molecule has 1 aromatic heterocycles. The molecule has 0 saturated heterocycles. The molecule has 194 valence electrons. The van der Waals surface area contributed by atoms with Crippen molar-refractivity contribution in [3.63, 3.8) is 0 Å². The minimum absolute atomic E-state index is 0.266. The molecule has 0 radical (unpaired) electrons. The quantitative estimate of drug-likeness (QED) is 0.343. The lowest BCUT2D eigenvalue weighted by Gasteiger charge is -2.29. The molecule has 0 spiro atoms. The van der Waals surface area contributed by atoms with Crippen molar-refractivity contribution >= 4 is 17.5 Å². The number of halogens is 1. The maximum atomic E-state index is 13.8. The number of rotatable bonds is 8. The monoisotopic (exact) mass is 515 g/mol. The highest BCUT2D eigenvalue weighted by molar-refractivity contribution is 6.06. The molecule has 1 aliphatic heterocycles. The van der Waals surface area contributed by atoms with Crippen molar-refractivity contribution in [2.45, 2.75) is 19.6 Å². The molecule has 38 heavy (non-hydrogen) atoms. The average molecular weight is 516 g/mol. The molecular weight excluding hydrogens is 489 g/mol. The predicted molar refractivity (Wildman–Crippen MR) is 140 cm³/mol. The molecule has 10 heteroatoms. The van der Waals surface area contributed by atoms with E-state index in [0.717, 1.165) is 11.1 Å². The number of carbonyl (C=O) groups excluding carboxylic acids is 1. The average Bonchev–Trinajstić information content (AvgIpc) is 3.40. The summed E-state index contributed by atoms with van der Waals surface area (Å²) in [6, 6.07) is 18.2. The van der Waals surface area contributed by atoms with Crippen LogP contribution in [0.4, 0.5) is 16.0 Å². The Morgan fingerprint density at radius 3 is 2.63 bits per heavy atom. The predicted octanol–water partition coefficient (Wildman–Crippen LogP) is 4.94. The molecule has 2 heterocycles. The van der Waals surface area contributed by atoms with Crippen LogP contribution < -0.4 is 24.8 Å². The third-order valence-electron chi connectivity index (χ3n) is 6.19. The number of carbonyl (C=O) groups is 1. The Kier molecular flexibility index (Phi) is 6.94. The van der Waals surface area contributed by atoms with Gasteiger partial charge in [-0.2, -0.15) is 10.1 Å². The van der Waals surface area contributed by atoms with E-state index in [1.54, 1.807) is 42.1 Å². The zero-order chi connectivity index (χ0) is 26.6. The highest BCUT2D eigenvalue weighted by Crippen LogP contribution is 2.37. The Morgan fingerprint density at radius 1 is 1.05 bits per heavy atom. The van der Waals surface area contributed by atoms with Crippen LogP contribution in [0.3, 0.4) is 0 Å². The number of benzene rings is 3. The summed E-state index contributed by atoms with van der Waals surface area (Å²) in [6.07, 6.45) is 1.43. The van der Waals surface area contributed by atoms with Crippen LogP contribution in [0.5, 0.6) is 17.2 Å². The van der Waals surface area contributed by atoms with Crippen LogP contribution in [0, 0.1) is 5.82 Å². The molecule has 5 rings (SSSR count). The van der Waals surface area contributed by atoms with Crippen LogP contribution >= 0.6 is 0 Å². The minimum atomic E-state index is -0.584. The molecule has 1 amide bonds. The van der Waals surface area contributed by atoms with Gasteiger partial charge >= 0.3 is 0 Å². The fourth-order valence-corrected chi connectivity index (χ4v) is 4.32. The van der Waals surface area contributed by atoms with Crippen LogP contribution in [0.1, 0.15) is 24.1 Å². The summed E-state index contributed by atoms with van der Waals surface area (Å²) in [7, 11) is 3.09. The summed E-state index contributed by atoms with van der Waals surface area (Å²) in [5.74, 6) is 1.54. The first-order valence-corrected chi connectivity index (χ1v) is 11.8. The first-order valence-electron chi connectivity index (χ1n) is 11.8. The highest BCUT2D eigenvalue weighted by Gasteiger charge is 2.34. The number of aromatic nitrogens is 3. The summed E-state index contributed by atoms with van der Waals surface area (Å²) < 4.78 is 31.6. The second kappa shape index (κ2) is 10.6. The number of hydrogen-bond acceptors (Lipinski definition) is 7. The van der Waals surface area contributed by atoms with Crippen molar-refractivity contribution in [2.75, 3.05) is 24.9 Å². The number of nitrogens with zero attached hydrogens (tertiary/aromatic N) is 3. The number of anilines is 2. The standard InChI is InChI=1S/C28H26FN5O4/c1-17-25(27(35)33-23-14-21(36-2)11-12-24(23)37-3)26(34-28(32-17)30-16-31-34)19-5-4-6-22(13-19)38-15-18-7-9-20(29)10-8-18/h4-14,16,26H,15H2,1-3H3,(H,33,35)(H,30,31,32). The number of methoxy groups -OCH3 is 2. The number of fused-ring (bicyclic) bond motifs is 1. The first-order chi connectivity index (χ1) is 18.5. The minimum Gasteiger partial charge on any atom is -0.497 e. The summed E-state index contributed by atoms with van der Waals surface area (Å²) in [4.78, 5) is 18.0. The van der Waals surface area contributed by atoms with Gasteiger partial charge in [0, 0.05) is 11.8 Å². The van der Waals surface area contributed by atoms with Gasteiger partial charge in [0.2, 0.25) is 5.95 Å². The molecule has 2 N–H and O–H groups in total. The topological polar surface area (TPSA) is 99.5 Å². The molecule has 0 aliphatic carbocycles. The van der Waals surface area contributed by atoms with E-state index in [9.17, 15) is 9.18 Å². The van der Waals surface area contributed by atoms with Crippen molar-refractivity contribution in [3.05, 3.63) is 101 Å².